The Labute approximate surface area is 634 Å². The molecule has 2 aliphatic heterocycles. The molecule has 0 radical (unpaired) electrons. The molecule has 2 aliphatic rings. The van der Waals surface area contributed by atoms with Crippen molar-refractivity contribution in [1.29, 1.82) is 0 Å². The van der Waals surface area contributed by atoms with Gasteiger partial charge in [-0.3, -0.25) is 0 Å². The van der Waals surface area contributed by atoms with Gasteiger partial charge >= 0.3 is 0 Å². The van der Waals surface area contributed by atoms with Gasteiger partial charge in [0.25, 0.3) is 0 Å². The largest absolute Gasteiger partial charge is 0.339 e. The molecule has 0 aliphatic carbocycles. The predicted molar refractivity (Wildman–Crippen MR) is 455 cm³/mol. The Bertz CT molecular complexity index is 3320. The maximum atomic E-state index is 6.18. The van der Waals surface area contributed by atoms with Crippen LogP contribution in [-0.2, 0) is 51.4 Å². The Morgan fingerprint density at radius 1 is 0.202 bits per heavy atom. The average Bonchev–Trinajstić information content (AvgIpc) is 1.58. The van der Waals surface area contributed by atoms with Crippen LogP contribution in [0.1, 0.15) is 408 Å². The molecule has 4 aromatic carbocycles. The summed E-state index contributed by atoms with van der Waals surface area (Å²) < 4.78 is 0. The van der Waals surface area contributed by atoms with E-state index in [0.717, 1.165) is 129 Å². The molecule has 0 amide bonds. The number of nitrogens with zero attached hydrogens (tertiary/aromatic N) is 5. The van der Waals surface area contributed by atoms with Crippen LogP contribution in [0.25, 0.3) is 89.4 Å². The number of unbranched alkanes of at least 4 members (excludes halogenated alkanes) is 40. The Balaban J connectivity index is 1.42. The summed E-state index contributed by atoms with van der Waals surface area (Å²) in [6.45, 7) is 18.7. The standard InChI is InChI=1S/C97H147N7/c1-9-17-25-33-41-49-57-74-65-67-76(59-51-43-35-27-19-11-3)86-84(74)82-73-83-85-75(58-50-42-34-26-18-10-2)66-68-77(60-52-44-36-28-20-12-4)87(85)93(99-83)101-95-89-79(62-54-46-38-30-22-14-6)70-72-81(64-56-48-40-32-24-16-8)91(89)97(103-95)104-96-90-80(63-55-47-39-31-23-15-7)71-69-78(61-53-45-37-29-21-13-5)88(90)94(102-96)100-92(86)98-82/h65-73H,9-64H2,1-8H3,(H2,98,99,100,101,102,103,104). The Morgan fingerprint density at radius 3 is 0.712 bits per heavy atom. The number of hydrogen-bond acceptors (Lipinski definition) is 5. The van der Waals surface area contributed by atoms with E-state index in [0.29, 0.717) is 0 Å². The van der Waals surface area contributed by atoms with Crippen molar-refractivity contribution in [2.45, 2.75) is 415 Å². The number of hydrogen-bond donors (Lipinski definition) is 2. The molecular weight excluding hydrogens is 1260 g/mol. The van der Waals surface area contributed by atoms with Crippen molar-refractivity contribution in [2.75, 3.05) is 0 Å². The third kappa shape index (κ3) is 24.2. The normalized spacial score (nSPS) is 12.1. The molecule has 8 bridgehead atoms. The van der Waals surface area contributed by atoms with Gasteiger partial charge in [-0.15, -0.1) is 0 Å². The number of aryl methyl sites for hydroxylation is 8. The number of fused-ring (bicyclic) bond motifs is 20. The van der Waals surface area contributed by atoms with Gasteiger partial charge in [0.2, 0.25) is 0 Å². The van der Waals surface area contributed by atoms with E-state index in [9.17, 15) is 0 Å². The van der Waals surface area contributed by atoms with E-state index in [1.165, 1.54) is 364 Å². The highest BCUT2D eigenvalue weighted by Crippen LogP contribution is 2.46. The molecule has 0 unspecified atom stereocenters. The predicted octanol–water partition coefficient (Wildman–Crippen LogP) is 30.7. The summed E-state index contributed by atoms with van der Waals surface area (Å²) in [7, 11) is 0. The molecule has 7 aromatic rings. The lowest BCUT2D eigenvalue weighted by Gasteiger charge is -2.14. The van der Waals surface area contributed by atoms with E-state index < -0.39 is 0 Å². The minimum atomic E-state index is 0.816. The van der Waals surface area contributed by atoms with Crippen LogP contribution in [0.5, 0.6) is 0 Å². The van der Waals surface area contributed by atoms with E-state index in [4.69, 9.17) is 24.9 Å². The van der Waals surface area contributed by atoms with E-state index in [-0.39, 0.29) is 0 Å². The fourth-order valence-electron chi connectivity index (χ4n) is 17.5. The molecule has 7 heteroatoms. The van der Waals surface area contributed by atoms with Crippen LogP contribution in [0.4, 0.5) is 0 Å². The molecule has 5 heterocycles. The van der Waals surface area contributed by atoms with Crippen molar-refractivity contribution >= 4 is 44.0 Å². The second kappa shape index (κ2) is 47.2. The van der Waals surface area contributed by atoms with Crippen LogP contribution in [-0.4, -0.2) is 34.9 Å². The molecule has 0 saturated heterocycles. The topological polar surface area (TPSA) is 96.0 Å². The zero-order valence-electron chi connectivity index (χ0n) is 68.0. The summed E-state index contributed by atoms with van der Waals surface area (Å²) in [5.74, 6) is 2.51. The lowest BCUT2D eigenvalue weighted by molar-refractivity contribution is 0.606. The molecule has 0 spiro atoms. The summed E-state index contributed by atoms with van der Waals surface area (Å²) >= 11 is 0. The fourth-order valence-corrected chi connectivity index (χ4v) is 17.5. The van der Waals surface area contributed by atoms with Gasteiger partial charge in [-0.2, -0.15) is 0 Å². The number of aromatic amines is 2. The molecule has 0 fully saturated rings. The number of H-pyrrole nitrogens is 2. The second-order valence-corrected chi connectivity index (χ2v) is 32.4. The molecule has 7 nitrogen and oxygen atoms in total. The maximum Gasteiger partial charge on any atom is 0.165 e. The minimum absolute atomic E-state index is 0.816. The van der Waals surface area contributed by atoms with Crippen LogP contribution in [0.2, 0.25) is 0 Å². The first-order valence-electron chi connectivity index (χ1n) is 44.9. The van der Waals surface area contributed by atoms with Gasteiger partial charge in [0.15, 0.2) is 17.5 Å². The third-order valence-electron chi connectivity index (χ3n) is 23.7. The zero-order valence-corrected chi connectivity index (χ0v) is 68.0. The van der Waals surface area contributed by atoms with Crippen molar-refractivity contribution in [2.24, 2.45) is 0 Å². The molecule has 9 rings (SSSR count). The first kappa shape index (κ1) is 82.4. The van der Waals surface area contributed by atoms with Gasteiger partial charge in [-0.05, 0) is 153 Å². The fraction of sp³-hybridized carbons (Fsp3) is 0.660. The van der Waals surface area contributed by atoms with E-state index >= 15 is 0 Å². The van der Waals surface area contributed by atoms with E-state index in [2.05, 4.69) is 120 Å². The smallest absolute Gasteiger partial charge is 0.165 e. The van der Waals surface area contributed by atoms with Crippen LogP contribution in [0.15, 0.2) is 54.6 Å². The summed E-state index contributed by atoms with van der Waals surface area (Å²) in [5, 5.41) is 5.13. The van der Waals surface area contributed by atoms with Gasteiger partial charge in [0, 0.05) is 43.8 Å². The molecule has 0 atom stereocenters. The minimum Gasteiger partial charge on any atom is -0.339 e. The van der Waals surface area contributed by atoms with Crippen molar-refractivity contribution in [3.05, 3.63) is 99.1 Å². The van der Waals surface area contributed by atoms with Crippen molar-refractivity contribution in [1.82, 2.24) is 34.9 Å². The summed E-state index contributed by atoms with van der Waals surface area (Å²) in [6.07, 6.45) is 68.8. The Kier molecular flexibility index (Phi) is 37.4. The van der Waals surface area contributed by atoms with Crippen molar-refractivity contribution in [3.8, 4) is 45.4 Å². The second-order valence-electron chi connectivity index (χ2n) is 32.4. The lowest BCUT2D eigenvalue weighted by atomic mass is 9.89. The van der Waals surface area contributed by atoms with Gasteiger partial charge in [-0.1, -0.05) is 361 Å². The number of aromatic nitrogens is 7. The molecule has 104 heavy (non-hydrogen) atoms. The molecule has 2 N–H and O–H groups in total. The van der Waals surface area contributed by atoms with Crippen molar-refractivity contribution in [3.63, 3.8) is 0 Å². The highest BCUT2D eigenvalue weighted by Gasteiger charge is 2.30. The monoisotopic (exact) mass is 1410 g/mol. The molecule has 570 valence electrons. The highest BCUT2D eigenvalue weighted by molar-refractivity contribution is 6.11. The highest BCUT2D eigenvalue weighted by atomic mass is 15.0. The summed E-state index contributed by atoms with van der Waals surface area (Å²) in [4.78, 5) is 39.1. The van der Waals surface area contributed by atoms with Gasteiger partial charge in [0.1, 0.15) is 16.9 Å². The lowest BCUT2D eigenvalue weighted by Crippen LogP contribution is -1.98. The van der Waals surface area contributed by atoms with Gasteiger partial charge in [0.05, 0.1) is 11.2 Å². The SMILES string of the molecule is CCCCCCCCc1ccc(CCCCCCCC)c2c1-c1cc3[nH]c(nc4nc(nc5[nH]c(nc-2n1)c1c(CCCCCCCC)ccc(CCCCCCCC)c51)-c1c(CCCCCCCC)ccc(CCCCCCCC)c1-4)c1c(CCCCCCCC)ccc(CCCCCCCC)c31. The van der Waals surface area contributed by atoms with Crippen LogP contribution in [0, 0.1) is 0 Å². The summed E-state index contributed by atoms with van der Waals surface area (Å²) in [5.41, 5.74) is 21.1. The zero-order chi connectivity index (χ0) is 72.8. The van der Waals surface area contributed by atoms with Crippen molar-refractivity contribution < 1.29 is 0 Å². The van der Waals surface area contributed by atoms with Crippen LogP contribution < -0.4 is 0 Å². The molecular formula is C97H147N7. The summed E-state index contributed by atoms with van der Waals surface area (Å²) in [6, 6.07) is 22.6. The average molecular weight is 1410 g/mol. The molecule has 3 aromatic heterocycles. The number of nitrogens with one attached hydrogen (secondary N) is 2. The van der Waals surface area contributed by atoms with E-state index in [1.807, 2.05) is 0 Å². The van der Waals surface area contributed by atoms with Crippen LogP contribution >= 0.6 is 0 Å². The van der Waals surface area contributed by atoms with Gasteiger partial charge in [-0.25, -0.2) is 24.9 Å². The maximum absolute atomic E-state index is 6.18. The van der Waals surface area contributed by atoms with Gasteiger partial charge < -0.3 is 9.97 Å². The number of benzene rings is 4. The first-order chi connectivity index (χ1) is 51.4. The third-order valence-corrected chi connectivity index (χ3v) is 23.7. The number of rotatable bonds is 56. The first-order valence-corrected chi connectivity index (χ1v) is 44.9. The van der Waals surface area contributed by atoms with Crippen LogP contribution in [0.3, 0.4) is 0 Å². The molecule has 0 saturated carbocycles. The van der Waals surface area contributed by atoms with E-state index in [1.54, 1.807) is 0 Å². The Hall–Kier alpha value is -5.69. The Morgan fingerprint density at radius 2 is 0.413 bits per heavy atom. The quantitative estimate of drug-likeness (QED) is 0.0370.